The third-order valence-electron chi connectivity index (χ3n) is 5.41. The molecule has 0 spiro atoms. The maximum Gasteiger partial charge on any atom is 0.226 e. The maximum atomic E-state index is 11.5. The highest BCUT2D eigenvalue weighted by Crippen LogP contribution is 2.27. The minimum atomic E-state index is -0.949. The van der Waals surface area contributed by atoms with Crippen molar-refractivity contribution >= 4 is 10.8 Å². The number of nitrogens with zero attached hydrogens (tertiary/aromatic N) is 2. The van der Waals surface area contributed by atoms with Gasteiger partial charge in [-0.1, -0.05) is 24.3 Å². The van der Waals surface area contributed by atoms with Crippen LogP contribution in [0.1, 0.15) is 24.3 Å². The van der Waals surface area contributed by atoms with E-state index in [0.717, 1.165) is 46.0 Å². The van der Waals surface area contributed by atoms with Gasteiger partial charge in [-0.25, -0.2) is 4.98 Å². The van der Waals surface area contributed by atoms with Crippen molar-refractivity contribution in [3.05, 3.63) is 60.0 Å². The van der Waals surface area contributed by atoms with Gasteiger partial charge in [-0.05, 0) is 68.2 Å². The van der Waals surface area contributed by atoms with Crippen molar-refractivity contribution in [3.8, 4) is 22.6 Å². The summed E-state index contributed by atoms with van der Waals surface area (Å²) in [5.74, 6) is 1.61. The molecule has 1 aromatic heterocycles. The van der Waals surface area contributed by atoms with Gasteiger partial charge in [0.25, 0.3) is 0 Å². The van der Waals surface area contributed by atoms with E-state index in [1.54, 1.807) is 6.26 Å². The Morgan fingerprint density at radius 1 is 0.964 bits per heavy atom. The fourth-order valence-electron chi connectivity index (χ4n) is 3.70. The van der Waals surface area contributed by atoms with E-state index in [9.17, 15) is 4.21 Å². The lowest BCUT2D eigenvalue weighted by atomic mass is 10.0. The third-order valence-corrected chi connectivity index (χ3v) is 6.34. The van der Waals surface area contributed by atoms with Crippen molar-refractivity contribution in [2.45, 2.75) is 31.1 Å². The van der Waals surface area contributed by atoms with Crippen molar-refractivity contribution in [1.29, 1.82) is 0 Å². The highest BCUT2D eigenvalue weighted by Gasteiger charge is 2.15. The van der Waals surface area contributed by atoms with E-state index in [2.05, 4.69) is 29.2 Å². The molecule has 0 bridgehead atoms. The van der Waals surface area contributed by atoms with Gasteiger partial charge in [0.05, 0.1) is 5.69 Å². The van der Waals surface area contributed by atoms with Gasteiger partial charge in [0.2, 0.25) is 5.89 Å². The van der Waals surface area contributed by atoms with Crippen LogP contribution in [0.2, 0.25) is 0 Å². The number of benzene rings is 2. The summed E-state index contributed by atoms with van der Waals surface area (Å²) in [7, 11) is -0.949. The predicted molar refractivity (Wildman–Crippen MR) is 114 cm³/mol. The van der Waals surface area contributed by atoms with Crippen molar-refractivity contribution < 1.29 is 8.63 Å². The third kappa shape index (κ3) is 4.26. The van der Waals surface area contributed by atoms with Crippen LogP contribution in [-0.4, -0.2) is 40.0 Å². The van der Waals surface area contributed by atoms with E-state index in [4.69, 9.17) is 9.40 Å². The van der Waals surface area contributed by atoms with E-state index in [0.29, 0.717) is 5.89 Å². The summed E-state index contributed by atoms with van der Waals surface area (Å²) < 4.78 is 17.5. The smallest absolute Gasteiger partial charge is 0.226 e. The van der Waals surface area contributed by atoms with Gasteiger partial charge in [-0.2, -0.15) is 0 Å². The van der Waals surface area contributed by atoms with Gasteiger partial charge in [0.15, 0.2) is 0 Å². The zero-order valence-electron chi connectivity index (χ0n) is 16.5. The second-order valence-electron chi connectivity index (χ2n) is 7.38. The number of aromatic nitrogens is 1. The normalized spacial score (nSPS) is 15.8. The number of aryl methyl sites for hydroxylation is 1. The quantitative estimate of drug-likeness (QED) is 0.608. The molecule has 4 nitrogen and oxygen atoms in total. The fraction of sp³-hybridized carbons (Fsp3) is 0.348. The molecule has 2 aromatic carbocycles. The first-order chi connectivity index (χ1) is 13.6. The SMILES string of the molecule is Cc1oc(-c2ccc(-c3ccc(S(C)=O)cc3)cc2)nc1CCN1CCCC1. The van der Waals surface area contributed by atoms with Crippen LogP contribution in [0.25, 0.3) is 22.6 Å². The van der Waals surface area contributed by atoms with Crippen LogP contribution in [0.15, 0.2) is 57.8 Å². The molecule has 2 heterocycles. The van der Waals surface area contributed by atoms with Crippen LogP contribution in [0.5, 0.6) is 0 Å². The Balaban J connectivity index is 1.47. The van der Waals surface area contributed by atoms with Crippen molar-refractivity contribution in [2.75, 3.05) is 25.9 Å². The molecule has 146 valence electrons. The van der Waals surface area contributed by atoms with Crippen molar-refractivity contribution in [2.24, 2.45) is 0 Å². The van der Waals surface area contributed by atoms with Crippen molar-refractivity contribution in [1.82, 2.24) is 9.88 Å². The summed E-state index contributed by atoms with van der Waals surface area (Å²) >= 11 is 0. The summed E-state index contributed by atoms with van der Waals surface area (Å²) in [4.78, 5) is 8.09. The van der Waals surface area contributed by atoms with E-state index in [1.807, 2.05) is 31.2 Å². The lowest BCUT2D eigenvalue weighted by molar-refractivity contribution is 0.341. The molecular formula is C23H26N2O2S. The molecule has 4 rings (SSSR count). The minimum absolute atomic E-state index is 0.692. The first-order valence-corrected chi connectivity index (χ1v) is 11.4. The van der Waals surface area contributed by atoms with Gasteiger partial charge >= 0.3 is 0 Å². The lowest BCUT2D eigenvalue weighted by Crippen LogP contribution is -2.22. The molecule has 1 atom stereocenters. The average Bonchev–Trinajstić information content (AvgIpc) is 3.36. The molecule has 28 heavy (non-hydrogen) atoms. The highest BCUT2D eigenvalue weighted by atomic mass is 32.2. The lowest BCUT2D eigenvalue weighted by Gasteiger charge is -2.12. The summed E-state index contributed by atoms with van der Waals surface area (Å²) in [5, 5.41) is 0. The zero-order chi connectivity index (χ0) is 19.5. The second kappa shape index (κ2) is 8.41. The number of hydrogen-bond donors (Lipinski definition) is 0. The van der Waals surface area contributed by atoms with Gasteiger partial charge in [-0.3, -0.25) is 4.21 Å². The molecule has 1 unspecified atom stereocenters. The average molecular weight is 395 g/mol. The van der Waals surface area contributed by atoms with Crippen LogP contribution >= 0.6 is 0 Å². The second-order valence-corrected chi connectivity index (χ2v) is 8.76. The summed E-state index contributed by atoms with van der Waals surface area (Å²) in [6.45, 7) is 5.48. The Morgan fingerprint density at radius 2 is 1.54 bits per heavy atom. The number of likely N-dealkylation sites (tertiary alicyclic amines) is 1. The van der Waals surface area contributed by atoms with E-state index in [-0.39, 0.29) is 0 Å². The Kier molecular flexibility index (Phi) is 5.74. The molecule has 1 aliphatic heterocycles. The van der Waals surface area contributed by atoms with E-state index >= 15 is 0 Å². The van der Waals surface area contributed by atoms with Gasteiger partial charge in [-0.15, -0.1) is 0 Å². The van der Waals surface area contributed by atoms with E-state index < -0.39 is 10.8 Å². The van der Waals surface area contributed by atoms with Crippen LogP contribution in [-0.2, 0) is 17.2 Å². The number of rotatable bonds is 6. The predicted octanol–water partition coefficient (Wildman–Crippen LogP) is 4.69. The molecule has 5 heteroatoms. The van der Waals surface area contributed by atoms with Gasteiger partial charge < -0.3 is 9.32 Å². The Hall–Kier alpha value is -2.24. The number of oxazole rings is 1. The molecule has 0 saturated carbocycles. The molecule has 1 saturated heterocycles. The molecule has 1 aliphatic rings. The minimum Gasteiger partial charge on any atom is -0.441 e. The molecule has 0 radical (unpaired) electrons. The molecular weight excluding hydrogens is 368 g/mol. The molecule has 0 amide bonds. The van der Waals surface area contributed by atoms with Crippen molar-refractivity contribution in [3.63, 3.8) is 0 Å². The van der Waals surface area contributed by atoms with Gasteiger partial charge in [0.1, 0.15) is 5.76 Å². The highest BCUT2D eigenvalue weighted by molar-refractivity contribution is 7.84. The fourth-order valence-corrected chi connectivity index (χ4v) is 4.22. The van der Waals surface area contributed by atoms with Crippen LogP contribution < -0.4 is 0 Å². The Bertz CT molecular complexity index is 955. The Labute approximate surface area is 169 Å². The molecule has 0 N–H and O–H groups in total. The summed E-state index contributed by atoms with van der Waals surface area (Å²) in [5.41, 5.74) is 4.28. The van der Waals surface area contributed by atoms with Crippen LogP contribution in [0, 0.1) is 6.92 Å². The largest absolute Gasteiger partial charge is 0.441 e. The summed E-state index contributed by atoms with van der Waals surface area (Å²) in [6, 6.07) is 16.1. The van der Waals surface area contributed by atoms with Gasteiger partial charge in [0, 0.05) is 40.5 Å². The zero-order valence-corrected chi connectivity index (χ0v) is 17.3. The molecule has 3 aromatic rings. The monoisotopic (exact) mass is 394 g/mol. The molecule has 0 aliphatic carbocycles. The van der Waals surface area contributed by atoms with Crippen LogP contribution in [0.4, 0.5) is 0 Å². The Morgan fingerprint density at radius 3 is 2.14 bits per heavy atom. The van der Waals surface area contributed by atoms with Crippen LogP contribution in [0.3, 0.4) is 0 Å². The summed E-state index contributed by atoms with van der Waals surface area (Å²) in [6.07, 6.45) is 5.27. The first kappa shape index (κ1) is 19.1. The maximum absolute atomic E-state index is 11.5. The first-order valence-electron chi connectivity index (χ1n) is 9.83. The van der Waals surface area contributed by atoms with E-state index in [1.165, 1.54) is 25.9 Å². The number of hydrogen-bond acceptors (Lipinski definition) is 4. The standard InChI is InChI=1S/C23H26N2O2S/c1-17-22(13-16-25-14-3-4-15-25)24-23(27-17)20-7-5-18(6-8-20)19-9-11-21(12-10-19)28(2)26/h5-12H,3-4,13-16H2,1-2H3. The topological polar surface area (TPSA) is 46.3 Å². The molecule has 1 fully saturated rings.